The Kier molecular flexibility index (Phi) is 7.68. The Morgan fingerprint density at radius 1 is 1.28 bits per heavy atom. The fourth-order valence-corrected chi connectivity index (χ4v) is 2.46. The van der Waals surface area contributed by atoms with Crippen molar-refractivity contribution < 1.29 is 14.3 Å². The molecule has 1 aromatic carbocycles. The summed E-state index contributed by atoms with van der Waals surface area (Å²) in [4.78, 5) is 26.3. The first-order valence-electron chi connectivity index (χ1n) is 8.54. The monoisotopic (exact) mass is 346 g/mol. The standard InChI is InChI=1S/C20H30N2O3/c1-7-11-15(2)18(23)22(6)14-17(16-12-9-8-10-13-16)21-19(24)25-20(3,4)5/h7-10,12-13,15,17H,1,11,14H2,2-6H3,(H,21,24)/t15-,17+/m1/s1. The third-order valence-corrected chi connectivity index (χ3v) is 3.67. The summed E-state index contributed by atoms with van der Waals surface area (Å²) in [6.45, 7) is 11.4. The summed E-state index contributed by atoms with van der Waals surface area (Å²) in [7, 11) is 1.74. The molecule has 0 saturated carbocycles. The van der Waals surface area contributed by atoms with Crippen LogP contribution < -0.4 is 5.32 Å². The van der Waals surface area contributed by atoms with Crippen LogP contribution in [0, 0.1) is 5.92 Å². The molecule has 1 N–H and O–H groups in total. The van der Waals surface area contributed by atoms with Gasteiger partial charge in [0.1, 0.15) is 5.60 Å². The normalized spacial score (nSPS) is 13.5. The van der Waals surface area contributed by atoms with Gasteiger partial charge in [-0.2, -0.15) is 0 Å². The van der Waals surface area contributed by atoms with E-state index < -0.39 is 11.7 Å². The van der Waals surface area contributed by atoms with Crippen molar-refractivity contribution in [2.75, 3.05) is 13.6 Å². The lowest BCUT2D eigenvalue weighted by Gasteiger charge is -2.28. The summed E-state index contributed by atoms with van der Waals surface area (Å²) in [6.07, 6.45) is 1.87. The second kappa shape index (κ2) is 9.25. The highest BCUT2D eigenvalue weighted by molar-refractivity contribution is 5.78. The van der Waals surface area contributed by atoms with Crippen LogP contribution in [0.2, 0.25) is 0 Å². The fraction of sp³-hybridized carbons (Fsp3) is 0.500. The average molecular weight is 346 g/mol. The van der Waals surface area contributed by atoms with E-state index in [1.807, 2.05) is 58.0 Å². The number of allylic oxidation sites excluding steroid dienone is 1. The van der Waals surface area contributed by atoms with Crippen molar-refractivity contribution in [2.45, 2.75) is 45.8 Å². The van der Waals surface area contributed by atoms with E-state index >= 15 is 0 Å². The largest absolute Gasteiger partial charge is 0.444 e. The van der Waals surface area contributed by atoms with Crippen molar-refractivity contribution in [3.05, 3.63) is 48.6 Å². The molecule has 5 nitrogen and oxygen atoms in total. The molecule has 2 atom stereocenters. The van der Waals surface area contributed by atoms with Crippen LogP contribution in [0.3, 0.4) is 0 Å². The molecule has 0 aliphatic heterocycles. The summed E-state index contributed by atoms with van der Waals surface area (Å²) in [5.74, 6) is -0.118. The summed E-state index contributed by atoms with van der Waals surface area (Å²) in [6, 6.07) is 9.22. The molecule has 0 aromatic heterocycles. The summed E-state index contributed by atoms with van der Waals surface area (Å²) in [5.41, 5.74) is 0.343. The molecular weight excluding hydrogens is 316 g/mol. The highest BCUT2D eigenvalue weighted by Crippen LogP contribution is 2.17. The van der Waals surface area contributed by atoms with Gasteiger partial charge in [-0.15, -0.1) is 6.58 Å². The number of carbonyl (C=O) groups excluding carboxylic acids is 2. The van der Waals surface area contributed by atoms with Crippen LogP contribution in [-0.2, 0) is 9.53 Å². The molecule has 1 rings (SSSR count). The lowest BCUT2D eigenvalue weighted by atomic mass is 10.0. The van der Waals surface area contributed by atoms with Gasteiger partial charge in [0.05, 0.1) is 6.04 Å². The molecule has 0 saturated heterocycles. The number of nitrogens with one attached hydrogen (secondary N) is 1. The van der Waals surface area contributed by atoms with Crippen molar-refractivity contribution >= 4 is 12.0 Å². The first-order valence-corrected chi connectivity index (χ1v) is 8.54. The van der Waals surface area contributed by atoms with Crippen molar-refractivity contribution in [1.29, 1.82) is 0 Å². The average Bonchev–Trinajstić information content (AvgIpc) is 2.52. The molecule has 0 fully saturated rings. The van der Waals surface area contributed by atoms with Gasteiger partial charge in [-0.3, -0.25) is 4.79 Å². The maximum Gasteiger partial charge on any atom is 0.408 e. The van der Waals surface area contributed by atoms with E-state index in [4.69, 9.17) is 4.74 Å². The Labute approximate surface area is 151 Å². The van der Waals surface area contributed by atoms with Crippen LogP contribution in [0.5, 0.6) is 0 Å². The number of hydrogen-bond acceptors (Lipinski definition) is 3. The summed E-state index contributed by atoms with van der Waals surface area (Å²) >= 11 is 0. The molecule has 0 unspecified atom stereocenters. The zero-order valence-corrected chi connectivity index (χ0v) is 15.9. The third-order valence-electron chi connectivity index (χ3n) is 3.67. The second-order valence-electron chi connectivity index (χ2n) is 7.25. The molecule has 0 aliphatic carbocycles. The number of hydrogen-bond donors (Lipinski definition) is 1. The smallest absolute Gasteiger partial charge is 0.408 e. The second-order valence-corrected chi connectivity index (χ2v) is 7.25. The van der Waals surface area contributed by atoms with Gasteiger partial charge < -0.3 is 15.0 Å². The van der Waals surface area contributed by atoms with Crippen LogP contribution >= 0.6 is 0 Å². The molecule has 0 radical (unpaired) electrons. The van der Waals surface area contributed by atoms with Gasteiger partial charge in [0.25, 0.3) is 0 Å². The van der Waals surface area contributed by atoms with Crippen LogP contribution in [0.25, 0.3) is 0 Å². The number of benzene rings is 1. The minimum Gasteiger partial charge on any atom is -0.444 e. The molecule has 5 heteroatoms. The van der Waals surface area contributed by atoms with Gasteiger partial charge in [0.2, 0.25) is 5.91 Å². The van der Waals surface area contributed by atoms with E-state index in [0.29, 0.717) is 13.0 Å². The summed E-state index contributed by atoms with van der Waals surface area (Å²) < 4.78 is 5.35. The van der Waals surface area contributed by atoms with Crippen molar-refractivity contribution in [1.82, 2.24) is 10.2 Å². The Bertz CT molecular complexity index is 578. The lowest BCUT2D eigenvalue weighted by molar-refractivity contribution is -0.133. The van der Waals surface area contributed by atoms with E-state index in [1.165, 1.54) is 0 Å². The Balaban J connectivity index is 2.87. The Morgan fingerprint density at radius 3 is 2.40 bits per heavy atom. The molecule has 0 aliphatic rings. The highest BCUT2D eigenvalue weighted by atomic mass is 16.6. The molecule has 0 heterocycles. The minimum atomic E-state index is -0.578. The lowest BCUT2D eigenvalue weighted by Crippen LogP contribution is -2.42. The minimum absolute atomic E-state index is 0.0202. The maximum atomic E-state index is 12.4. The van der Waals surface area contributed by atoms with Crippen LogP contribution in [0.4, 0.5) is 4.79 Å². The van der Waals surface area contributed by atoms with E-state index in [2.05, 4.69) is 11.9 Å². The van der Waals surface area contributed by atoms with Gasteiger partial charge in [0.15, 0.2) is 0 Å². The number of carbonyl (C=O) groups is 2. The Hall–Kier alpha value is -2.30. The molecule has 0 spiro atoms. The first-order chi connectivity index (χ1) is 11.6. The van der Waals surface area contributed by atoms with Gasteiger partial charge in [0, 0.05) is 19.5 Å². The van der Waals surface area contributed by atoms with E-state index in [-0.39, 0.29) is 17.9 Å². The molecule has 0 bridgehead atoms. The number of rotatable bonds is 7. The fourth-order valence-electron chi connectivity index (χ4n) is 2.46. The van der Waals surface area contributed by atoms with E-state index in [9.17, 15) is 9.59 Å². The van der Waals surface area contributed by atoms with Crippen LogP contribution in [0.15, 0.2) is 43.0 Å². The number of alkyl carbamates (subject to hydrolysis) is 1. The summed E-state index contributed by atoms with van der Waals surface area (Å²) in [5, 5.41) is 2.87. The van der Waals surface area contributed by atoms with E-state index in [0.717, 1.165) is 5.56 Å². The van der Waals surface area contributed by atoms with Crippen LogP contribution in [-0.4, -0.2) is 36.1 Å². The molecule has 1 aromatic rings. The molecule has 2 amide bonds. The molecular formula is C20H30N2O3. The van der Waals surface area contributed by atoms with Crippen LogP contribution in [0.1, 0.15) is 45.7 Å². The van der Waals surface area contributed by atoms with Gasteiger partial charge >= 0.3 is 6.09 Å². The SMILES string of the molecule is C=CC[C@@H](C)C(=O)N(C)C[C@H](NC(=O)OC(C)(C)C)c1ccccc1. The van der Waals surface area contributed by atoms with Crippen molar-refractivity contribution in [3.63, 3.8) is 0 Å². The van der Waals surface area contributed by atoms with E-state index in [1.54, 1.807) is 18.0 Å². The van der Waals surface area contributed by atoms with Gasteiger partial charge in [-0.05, 0) is 32.8 Å². The van der Waals surface area contributed by atoms with Gasteiger partial charge in [-0.1, -0.05) is 43.3 Å². The number of nitrogens with zero attached hydrogens (tertiary/aromatic N) is 1. The third kappa shape index (κ3) is 7.42. The zero-order chi connectivity index (χ0) is 19.0. The number of ether oxygens (including phenoxy) is 1. The topological polar surface area (TPSA) is 58.6 Å². The Morgan fingerprint density at radius 2 is 1.88 bits per heavy atom. The molecule has 138 valence electrons. The predicted molar refractivity (Wildman–Crippen MR) is 100 cm³/mol. The van der Waals surface area contributed by atoms with Crippen molar-refractivity contribution in [2.24, 2.45) is 5.92 Å². The first kappa shape index (κ1) is 20.7. The zero-order valence-electron chi connectivity index (χ0n) is 15.9. The number of likely N-dealkylation sites (N-methyl/N-ethyl adjacent to an activating group) is 1. The quantitative estimate of drug-likeness (QED) is 0.761. The molecule has 25 heavy (non-hydrogen) atoms. The van der Waals surface area contributed by atoms with Gasteiger partial charge in [-0.25, -0.2) is 4.79 Å². The predicted octanol–water partition coefficient (Wildman–Crippen LogP) is 3.92. The van der Waals surface area contributed by atoms with Crippen molar-refractivity contribution in [3.8, 4) is 0 Å². The number of amides is 2. The maximum absolute atomic E-state index is 12.4. The highest BCUT2D eigenvalue weighted by Gasteiger charge is 2.24.